The van der Waals surface area contributed by atoms with Gasteiger partial charge in [-0.15, -0.1) is 0 Å². The average molecular weight is 1100 g/mol. The maximum Gasteiger partial charge on any atom is 0.271 e. The molecule has 3 aliphatic rings. The molecule has 2 aromatic rings. The van der Waals surface area contributed by atoms with E-state index in [2.05, 4.69) is 52.5 Å². The van der Waals surface area contributed by atoms with E-state index in [1.165, 1.54) is 53.7 Å². The van der Waals surface area contributed by atoms with Gasteiger partial charge in [0.15, 0.2) is 0 Å². The van der Waals surface area contributed by atoms with Gasteiger partial charge in [-0.3, -0.25) is 57.9 Å². The average Bonchev–Trinajstić information content (AvgIpc) is 4.13. The lowest BCUT2D eigenvalue weighted by Crippen LogP contribution is -2.60. The fourth-order valence-electron chi connectivity index (χ4n) is 9.64. The van der Waals surface area contributed by atoms with Gasteiger partial charge in [0.2, 0.25) is 47.3 Å². The number of aromatic nitrogens is 2. The number of fused-ring (bicyclic) bond motifs is 2. The second-order valence-electron chi connectivity index (χ2n) is 22.0. The van der Waals surface area contributed by atoms with E-state index in [0.717, 1.165) is 0 Å². The van der Waals surface area contributed by atoms with Gasteiger partial charge in [-0.1, -0.05) is 67.5 Å². The summed E-state index contributed by atoms with van der Waals surface area (Å²) < 4.78 is 0. The normalized spacial score (nSPS) is 26.3. The van der Waals surface area contributed by atoms with Crippen molar-refractivity contribution in [2.45, 2.75) is 162 Å². The first-order valence-electron chi connectivity index (χ1n) is 27.5. The van der Waals surface area contributed by atoms with Crippen LogP contribution in [0.3, 0.4) is 0 Å². The summed E-state index contributed by atoms with van der Waals surface area (Å²) in [5.74, 6) is -8.56. The Morgan fingerprint density at radius 2 is 0.962 bits per heavy atom. The summed E-state index contributed by atoms with van der Waals surface area (Å²) in [5.41, 5.74) is 6.32. The molecule has 3 fully saturated rings. The van der Waals surface area contributed by atoms with Gasteiger partial charge in [0.25, 0.3) is 11.8 Å². The molecule has 2 aromatic heterocycles. The first-order valence-corrected chi connectivity index (χ1v) is 27.5. The minimum absolute atomic E-state index is 0.0502. The number of hydrogen-bond acceptors (Lipinski definition) is 13. The van der Waals surface area contributed by atoms with Crippen LogP contribution < -0.4 is 48.3 Å². The fraction of sp³-hybridized carbons (Fsp3) is 0.571. The molecule has 10 amide bonds. The summed E-state index contributed by atoms with van der Waals surface area (Å²) in [6.07, 6.45) is 10.6. The van der Waals surface area contributed by atoms with E-state index in [0.29, 0.717) is 24.0 Å². The van der Waals surface area contributed by atoms with Crippen LogP contribution in [0.1, 0.15) is 125 Å². The Labute approximate surface area is 462 Å². The standard InChI is InChI=1S/C56H81N13O10/c1-31(2)25-39-49(72)64-41(27-36-15-11-21-58-29-36)55(78)69-24-14-19-44(69)52(75)67-46(34(7)8)54(77)61-38(17-10-20-57)48(71)63-40(26-32(3)4)50(73)65-42(28-37-16-12-22-59-30-37)56(79)68-23-13-18-43(68)51(74)66-45(33(5)6)53(76)60-35(9)47(70)62-39/h11-12,15-16,21-22,27-35,38-40,43-46H,10,13-14,17-20,23-26,57H2,1-9H3,(H,60,76)(H,61,77)(H,62,70)(H,63,71)(H,64,72)(H,65,73)(H,66,74)(H,67,75)/b41-27-,42-28-/t35-,38-,39-,40-,43-,44-,45-,46-/m0/s1. The van der Waals surface area contributed by atoms with Crippen LogP contribution in [0.25, 0.3) is 12.2 Å². The summed E-state index contributed by atoms with van der Waals surface area (Å²) in [4.78, 5) is 155. The van der Waals surface area contributed by atoms with Gasteiger partial charge in [0, 0.05) is 37.9 Å². The van der Waals surface area contributed by atoms with E-state index in [1.54, 1.807) is 52.0 Å². The van der Waals surface area contributed by atoms with E-state index in [-0.39, 0.29) is 81.4 Å². The zero-order valence-corrected chi connectivity index (χ0v) is 46.9. The topological polar surface area (TPSA) is 325 Å². The lowest BCUT2D eigenvalue weighted by molar-refractivity contribution is -0.139. The minimum Gasteiger partial charge on any atom is -0.343 e. The number of nitrogens with one attached hydrogen (secondary N) is 8. The molecule has 0 radical (unpaired) electrons. The summed E-state index contributed by atoms with van der Waals surface area (Å²) in [6.45, 7) is 15.9. The lowest BCUT2D eigenvalue weighted by Gasteiger charge is -2.31. The molecule has 0 unspecified atom stereocenters. The number of rotatable bonds is 11. The molecule has 0 spiro atoms. The highest BCUT2D eigenvalue weighted by Crippen LogP contribution is 2.24. The van der Waals surface area contributed by atoms with Crippen LogP contribution in [0.5, 0.6) is 0 Å². The molecule has 0 bridgehead atoms. The van der Waals surface area contributed by atoms with Crippen LogP contribution >= 0.6 is 0 Å². The highest BCUT2D eigenvalue weighted by molar-refractivity contribution is 6.06. The van der Waals surface area contributed by atoms with Gasteiger partial charge >= 0.3 is 0 Å². The van der Waals surface area contributed by atoms with Crippen molar-refractivity contribution in [3.8, 4) is 0 Å². The Balaban J connectivity index is 1.58. The monoisotopic (exact) mass is 1100 g/mol. The third-order valence-electron chi connectivity index (χ3n) is 13.9. The van der Waals surface area contributed by atoms with Crippen molar-refractivity contribution < 1.29 is 47.9 Å². The number of carbonyl (C=O) groups is 10. The molecular formula is C56H81N13O10. The van der Waals surface area contributed by atoms with Crippen molar-refractivity contribution >= 4 is 71.2 Å². The summed E-state index contributed by atoms with van der Waals surface area (Å²) in [7, 11) is 0. The number of nitrogens with zero attached hydrogens (tertiary/aromatic N) is 4. The lowest BCUT2D eigenvalue weighted by atomic mass is 10.00. The molecule has 5 rings (SSSR count). The number of amides is 10. The molecule has 3 saturated heterocycles. The molecule has 10 N–H and O–H groups in total. The number of pyridine rings is 2. The van der Waals surface area contributed by atoms with Gasteiger partial charge < -0.3 is 58.1 Å². The third-order valence-corrected chi connectivity index (χ3v) is 13.9. The number of carbonyl (C=O) groups excluding carboxylic acids is 10. The van der Waals surface area contributed by atoms with Gasteiger partial charge in [0.1, 0.15) is 59.7 Å². The molecule has 3 aliphatic heterocycles. The predicted octanol–water partition coefficient (Wildman–Crippen LogP) is 1.16. The molecule has 8 atom stereocenters. The van der Waals surface area contributed by atoms with Gasteiger partial charge in [0.05, 0.1) is 0 Å². The maximum absolute atomic E-state index is 14.7. The Kier molecular flexibility index (Phi) is 23.2. The van der Waals surface area contributed by atoms with Crippen molar-refractivity contribution in [2.24, 2.45) is 29.4 Å². The van der Waals surface area contributed by atoms with Gasteiger partial charge in [-0.25, -0.2) is 0 Å². The summed E-state index contributed by atoms with van der Waals surface area (Å²) in [6, 6.07) is -2.98. The van der Waals surface area contributed by atoms with Crippen molar-refractivity contribution in [2.75, 3.05) is 19.6 Å². The summed E-state index contributed by atoms with van der Waals surface area (Å²) in [5, 5.41) is 22.0. The number of hydrogen-bond donors (Lipinski definition) is 9. The highest BCUT2D eigenvalue weighted by Gasteiger charge is 2.42. The second-order valence-corrected chi connectivity index (χ2v) is 22.0. The van der Waals surface area contributed by atoms with E-state index < -0.39 is 119 Å². The number of nitrogens with two attached hydrogens (primary N) is 1. The van der Waals surface area contributed by atoms with Gasteiger partial charge in [-0.05, 0) is 124 Å². The first-order chi connectivity index (χ1) is 37.5. The van der Waals surface area contributed by atoms with E-state index >= 15 is 0 Å². The Bertz CT molecular complexity index is 2570. The molecule has 23 heteroatoms. The van der Waals surface area contributed by atoms with Crippen LogP contribution in [0.2, 0.25) is 0 Å². The first kappa shape index (κ1) is 62.3. The molecule has 0 aliphatic carbocycles. The van der Waals surface area contributed by atoms with Crippen LogP contribution in [-0.4, -0.2) is 147 Å². The van der Waals surface area contributed by atoms with Crippen molar-refractivity contribution in [3.63, 3.8) is 0 Å². The SMILES string of the molecule is CC(C)C[C@@H]1NC(=O)[C@H](C)NC(=O)[C@H](C(C)C)NC(=O)[C@@H]2CCCN2C(=O)/C(=C/c2cccnc2)NC(=O)[C@H](CC(C)C)NC(=O)[C@H](CCCN)NC(=O)[C@H](C(C)C)NC(=O)[C@@H]2CCCN2C(=O)/C(=C/c2cccnc2)NC1=O. The molecule has 5 heterocycles. The van der Waals surface area contributed by atoms with E-state index in [9.17, 15) is 47.9 Å². The van der Waals surface area contributed by atoms with Crippen molar-refractivity contribution in [1.29, 1.82) is 0 Å². The predicted molar refractivity (Wildman–Crippen MR) is 294 cm³/mol. The van der Waals surface area contributed by atoms with Crippen molar-refractivity contribution in [3.05, 3.63) is 71.6 Å². The largest absolute Gasteiger partial charge is 0.343 e. The van der Waals surface area contributed by atoms with Gasteiger partial charge in [-0.2, -0.15) is 0 Å². The molecular weight excluding hydrogens is 1010 g/mol. The van der Waals surface area contributed by atoms with Crippen molar-refractivity contribution in [1.82, 2.24) is 62.3 Å². The summed E-state index contributed by atoms with van der Waals surface area (Å²) >= 11 is 0. The third kappa shape index (κ3) is 17.7. The second kappa shape index (κ2) is 29.4. The Morgan fingerprint density at radius 1 is 0.544 bits per heavy atom. The zero-order chi connectivity index (χ0) is 58.1. The Morgan fingerprint density at radius 3 is 1.35 bits per heavy atom. The zero-order valence-electron chi connectivity index (χ0n) is 46.9. The molecule has 0 aromatic carbocycles. The van der Waals surface area contributed by atoms with Crippen LogP contribution in [0, 0.1) is 23.7 Å². The minimum atomic E-state index is -1.25. The molecule has 0 saturated carbocycles. The Hall–Kier alpha value is -7.56. The smallest absolute Gasteiger partial charge is 0.271 e. The molecule has 79 heavy (non-hydrogen) atoms. The molecule has 23 nitrogen and oxygen atoms in total. The van der Waals surface area contributed by atoms with E-state index in [1.807, 2.05) is 27.7 Å². The highest BCUT2D eigenvalue weighted by atomic mass is 16.2. The van der Waals surface area contributed by atoms with Crippen LogP contribution in [0.15, 0.2) is 60.4 Å². The van der Waals surface area contributed by atoms with Crippen LogP contribution in [-0.2, 0) is 47.9 Å². The fourth-order valence-corrected chi connectivity index (χ4v) is 9.64. The molecule has 430 valence electrons. The quantitative estimate of drug-likeness (QED) is 0.143. The van der Waals surface area contributed by atoms with Crippen LogP contribution in [0.4, 0.5) is 0 Å². The van der Waals surface area contributed by atoms with E-state index in [4.69, 9.17) is 5.73 Å². The maximum atomic E-state index is 14.7.